The van der Waals surface area contributed by atoms with Gasteiger partial charge in [-0.25, -0.2) is 4.98 Å². The van der Waals surface area contributed by atoms with Gasteiger partial charge < -0.3 is 10.1 Å². The van der Waals surface area contributed by atoms with Crippen LogP contribution in [0.15, 0.2) is 24.3 Å². The highest BCUT2D eigenvalue weighted by Gasteiger charge is 2.06. The molecule has 0 fully saturated rings. The number of nitrogens with zero attached hydrogens (tertiary/aromatic N) is 2. The van der Waals surface area contributed by atoms with Crippen LogP contribution >= 0.6 is 11.6 Å². The average Bonchev–Trinajstić information content (AvgIpc) is 2.33. The second-order valence-corrected chi connectivity index (χ2v) is 4.62. The van der Waals surface area contributed by atoms with Crippen molar-refractivity contribution in [1.29, 1.82) is 0 Å². The minimum atomic E-state index is 0.508. The van der Waals surface area contributed by atoms with Crippen LogP contribution in [0.3, 0.4) is 0 Å². The molecule has 0 aliphatic heterocycles. The van der Waals surface area contributed by atoms with Crippen LogP contribution in [-0.2, 0) is 0 Å². The van der Waals surface area contributed by atoms with Crippen LogP contribution in [0, 0.1) is 13.8 Å². The third kappa shape index (κ3) is 3.58. The van der Waals surface area contributed by atoms with Crippen LogP contribution in [0.5, 0.6) is 11.6 Å². The Morgan fingerprint density at radius 2 is 2.00 bits per heavy atom. The van der Waals surface area contributed by atoms with Crippen LogP contribution in [0.1, 0.15) is 18.3 Å². The Balaban J connectivity index is 2.29. The number of halogens is 1. The molecule has 0 saturated carbocycles. The zero-order valence-electron chi connectivity index (χ0n) is 11.2. The highest BCUT2D eigenvalue weighted by molar-refractivity contribution is 6.30. The summed E-state index contributed by atoms with van der Waals surface area (Å²) in [4.78, 5) is 8.54. The first-order valence-electron chi connectivity index (χ1n) is 6.12. The van der Waals surface area contributed by atoms with Crippen LogP contribution in [0.2, 0.25) is 5.02 Å². The standard InChI is InChI=1S/C14H16ClN3O/c1-4-16-13-8-14(18-10(3)17-13)19-12-7-11(15)6-5-9(12)2/h5-8H,4H2,1-3H3,(H,16,17,18). The van der Waals surface area contributed by atoms with Crippen molar-refractivity contribution >= 4 is 17.4 Å². The number of hydrogen-bond donors (Lipinski definition) is 1. The van der Waals surface area contributed by atoms with E-state index in [0.29, 0.717) is 22.5 Å². The molecule has 0 atom stereocenters. The molecule has 0 aliphatic carbocycles. The molecule has 5 heteroatoms. The van der Waals surface area contributed by atoms with Crippen LogP contribution < -0.4 is 10.1 Å². The Labute approximate surface area is 117 Å². The summed E-state index contributed by atoms with van der Waals surface area (Å²) < 4.78 is 5.78. The number of nitrogens with one attached hydrogen (secondary N) is 1. The molecule has 0 aliphatic rings. The summed E-state index contributed by atoms with van der Waals surface area (Å²) in [6.45, 7) is 6.61. The van der Waals surface area contributed by atoms with E-state index in [1.807, 2.05) is 32.9 Å². The van der Waals surface area contributed by atoms with Gasteiger partial charge in [0.15, 0.2) is 0 Å². The van der Waals surface area contributed by atoms with E-state index in [9.17, 15) is 0 Å². The fraction of sp³-hybridized carbons (Fsp3) is 0.286. The third-order valence-electron chi connectivity index (χ3n) is 2.54. The van der Waals surface area contributed by atoms with Crippen molar-refractivity contribution in [3.05, 3.63) is 40.7 Å². The Hall–Kier alpha value is -1.81. The number of ether oxygens (including phenoxy) is 1. The number of aromatic nitrogens is 2. The molecule has 100 valence electrons. The predicted octanol–water partition coefficient (Wildman–Crippen LogP) is 3.97. The first-order chi connectivity index (χ1) is 9.08. The second kappa shape index (κ2) is 5.89. The van der Waals surface area contributed by atoms with Crippen LogP contribution in [-0.4, -0.2) is 16.5 Å². The van der Waals surface area contributed by atoms with Gasteiger partial charge in [-0.15, -0.1) is 0 Å². The van der Waals surface area contributed by atoms with Crippen LogP contribution in [0.25, 0.3) is 0 Å². The zero-order valence-corrected chi connectivity index (χ0v) is 12.0. The number of anilines is 1. The fourth-order valence-corrected chi connectivity index (χ4v) is 1.82. The Kier molecular flexibility index (Phi) is 4.22. The van der Waals surface area contributed by atoms with E-state index in [0.717, 1.165) is 17.9 Å². The van der Waals surface area contributed by atoms with Gasteiger partial charge in [0.25, 0.3) is 0 Å². The fourth-order valence-electron chi connectivity index (χ4n) is 1.66. The molecule has 2 aromatic rings. The maximum atomic E-state index is 5.97. The maximum absolute atomic E-state index is 5.97. The van der Waals surface area contributed by atoms with Gasteiger partial charge >= 0.3 is 0 Å². The molecule has 0 unspecified atom stereocenters. The van der Waals surface area contributed by atoms with Crippen molar-refractivity contribution in [2.24, 2.45) is 0 Å². The zero-order chi connectivity index (χ0) is 13.8. The monoisotopic (exact) mass is 277 g/mol. The summed E-state index contributed by atoms with van der Waals surface area (Å²) in [6.07, 6.45) is 0. The van der Waals surface area contributed by atoms with Crippen molar-refractivity contribution < 1.29 is 4.74 Å². The minimum Gasteiger partial charge on any atom is -0.439 e. The molecular weight excluding hydrogens is 262 g/mol. The highest BCUT2D eigenvalue weighted by Crippen LogP contribution is 2.27. The topological polar surface area (TPSA) is 47.0 Å². The maximum Gasteiger partial charge on any atom is 0.224 e. The third-order valence-corrected chi connectivity index (χ3v) is 2.77. The minimum absolute atomic E-state index is 0.508. The summed E-state index contributed by atoms with van der Waals surface area (Å²) in [5, 5.41) is 3.78. The smallest absolute Gasteiger partial charge is 0.224 e. The molecule has 1 heterocycles. The van der Waals surface area contributed by atoms with Gasteiger partial charge in [-0.05, 0) is 38.5 Å². The van der Waals surface area contributed by atoms with Gasteiger partial charge in [0.1, 0.15) is 17.4 Å². The van der Waals surface area contributed by atoms with E-state index in [1.165, 1.54) is 0 Å². The molecular formula is C14H16ClN3O. The SMILES string of the molecule is CCNc1cc(Oc2cc(Cl)ccc2C)nc(C)n1. The normalized spacial score (nSPS) is 10.3. The summed E-state index contributed by atoms with van der Waals surface area (Å²) in [5.74, 6) is 2.62. The molecule has 2 rings (SSSR count). The lowest BCUT2D eigenvalue weighted by molar-refractivity contribution is 0.457. The molecule has 0 amide bonds. The van der Waals surface area contributed by atoms with E-state index in [4.69, 9.17) is 16.3 Å². The average molecular weight is 278 g/mol. The molecule has 1 aromatic heterocycles. The van der Waals surface area contributed by atoms with Gasteiger partial charge in [0, 0.05) is 17.6 Å². The molecule has 0 saturated heterocycles. The summed E-state index contributed by atoms with van der Waals surface area (Å²) in [7, 11) is 0. The van der Waals surface area contributed by atoms with Gasteiger partial charge in [0.05, 0.1) is 0 Å². The summed E-state index contributed by atoms with van der Waals surface area (Å²) in [6, 6.07) is 7.30. The lowest BCUT2D eigenvalue weighted by atomic mass is 10.2. The van der Waals surface area contributed by atoms with Crippen molar-refractivity contribution in [3.8, 4) is 11.6 Å². The van der Waals surface area contributed by atoms with Gasteiger partial charge in [-0.3, -0.25) is 0 Å². The van der Waals surface area contributed by atoms with E-state index < -0.39 is 0 Å². The largest absolute Gasteiger partial charge is 0.439 e. The van der Waals surface area contributed by atoms with Gasteiger partial charge in [-0.1, -0.05) is 17.7 Å². The Morgan fingerprint density at radius 1 is 1.21 bits per heavy atom. The molecule has 4 nitrogen and oxygen atoms in total. The summed E-state index contributed by atoms with van der Waals surface area (Å²) >= 11 is 5.97. The van der Waals surface area contributed by atoms with E-state index in [1.54, 1.807) is 12.1 Å². The lowest BCUT2D eigenvalue weighted by Crippen LogP contribution is -2.02. The van der Waals surface area contributed by atoms with E-state index in [-0.39, 0.29) is 0 Å². The Morgan fingerprint density at radius 3 is 2.74 bits per heavy atom. The summed E-state index contributed by atoms with van der Waals surface area (Å²) in [5.41, 5.74) is 1.01. The number of hydrogen-bond acceptors (Lipinski definition) is 4. The predicted molar refractivity (Wildman–Crippen MR) is 77.2 cm³/mol. The van der Waals surface area contributed by atoms with Crippen molar-refractivity contribution in [2.75, 3.05) is 11.9 Å². The first-order valence-corrected chi connectivity index (χ1v) is 6.50. The number of benzene rings is 1. The second-order valence-electron chi connectivity index (χ2n) is 4.18. The molecule has 1 aromatic carbocycles. The quantitative estimate of drug-likeness (QED) is 0.918. The van der Waals surface area contributed by atoms with Crippen LogP contribution in [0.4, 0.5) is 5.82 Å². The molecule has 19 heavy (non-hydrogen) atoms. The first kappa shape index (κ1) is 13.6. The van der Waals surface area contributed by atoms with Crippen molar-refractivity contribution in [3.63, 3.8) is 0 Å². The number of rotatable bonds is 4. The molecule has 0 spiro atoms. The molecule has 1 N–H and O–H groups in total. The highest BCUT2D eigenvalue weighted by atomic mass is 35.5. The van der Waals surface area contributed by atoms with E-state index >= 15 is 0 Å². The van der Waals surface area contributed by atoms with E-state index in [2.05, 4.69) is 15.3 Å². The van der Waals surface area contributed by atoms with Gasteiger partial charge in [-0.2, -0.15) is 4.98 Å². The molecule has 0 bridgehead atoms. The van der Waals surface area contributed by atoms with Crippen molar-refractivity contribution in [1.82, 2.24) is 9.97 Å². The van der Waals surface area contributed by atoms with Crippen molar-refractivity contribution in [2.45, 2.75) is 20.8 Å². The van der Waals surface area contributed by atoms with Gasteiger partial charge in [0.2, 0.25) is 5.88 Å². The Bertz CT molecular complexity index is 587. The molecule has 0 radical (unpaired) electrons. The lowest BCUT2D eigenvalue weighted by Gasteiger charge is -2.10. The number of aryl methyl sites for hydroxylation is 2.